The number of aromatic nitrogens is 1. The van der Waals surface area contributed by atoms with Gasteiger partial charge < -0.3 is 14.8 Å². The number of hydrogen-bond donors (Lipinski definition) is 1. The lowest BCUT2D eigenvalue weighted by molar-refractivity contribution is -0.119. The summed E-state index contributed by atoms with van der Waals surface area (Å²) in [6.07, 6.45) is 3.16. The lowest BCUT2D eigenvalue weighted by Crippen LogP contribution is -2.12. The van der Waals surface area contributed by atoms with E-state index < -0.39 is 0 Å². The van der Waals surface area contributed by atoms with Gasteiger partial charge in [-0.25, -0.2) is 9.37 Å². The molecule has 6 nitrogen and oxygen atoms in total. The number of ether oxygens (including phenoxy) is 1. The summed E-state index contributed by atoms with van der Waals surface area (Å²) in [5.74, 6) is 1.00. The van der Waals surface area contributed by atoms with Crippen molar-refractivity contribution < 1.29 is 23.5 Å². The number of halogens is 1. The van der Waals surface area contributed by atoms with Crippen LogP contribution in [-0.4, -0.2) is 22.5 Å². The number of anilines is 1. The average molecular weight is 448 g/mol. The highest BCUT2D eigenvalue weighted by molar-refractivity contribution is 5.90. The molecular weight excluding hydrogens is 423 g/mol. The van der Waals surface area contributed by atoms with E-state index in [-0.39, 0.29) is 42.6 Å². The molecule has 0 aliphatic heterocycles. The molecule has 0 spiro atoms. The second kappa shape index (κ2) is 11.7. The van der Waals surface area contributed by atoms with Gasteiger partial charge in [0.15, 0.2) is 0 Å². The molecule has 3 aromatic rings. The van der Waals surface area contributed by atoms with E-state index >= 15 is 0 Å². The van der Waals surface area contributed by atoms with E-state index in [1.807, 2.05) is 12.1 Å². The fourth-order valence-corrected chi connectivity index (χ4v) is 3.18. The lowest BCUT2D eigenvalue weighted by Gasteiger charge is -2.09. The van der Waals surface area contributed by atoms with Crippen molar-refractivity contribution >= 4 is 23.3 Å². The van der Waals surface area contributed by atoms with Crippen LogP contribution in [0.15, 0.2) is 66.9 Å². The Bertz CT molecular complexity index is 1110. The van der Waals surface area contributed by atoms with Crippen LogP contribution in [0.5, 0.6) is 11.5 Å². The molecule has 0 aliphatic carbocycles. The predicted octanol–water partition coefficient (Wildman–Crippen LogP) is 5.07. The van der Waals surface area contributed by atoms with Gasteiger partial charge in [0.05, 0.1) is 0 Å². The SMILES string of the molecule is CC(=O)CCCC(=O)Nc1cc(Oc2ccc(CC(=O)Cc3ccc(F)cc3)cc2)ccn1. The normalized spacial score (nSPS) is 10.5. The van der Waals surface area contributed by atoms with Crippen LogP contribution in [0.4, 0.5) is 10.2 Å². The Balaban J connectivity index is 1.51. The van der Waals surface area contributed by atoms with E-state index in [0.717, 1.165) is 11.1 Å². The van der Waals surface area contributed by atoms with Gasteiger partial charge in [0.25, 0.3) is 0 Å². The minimum Gasteiger partial charge on any atom is -0.457 e. The fraction of sp³-hybridized carbons (Fsp3) is 0.231. The monoisotopic (exact) mass is 448 g/mol. The number of ketones is 2. The summed E-state index contributed by atoms with van der Waals surface area (Å²) in [7, 11) is 0. The first-order valence-corrected chi connectivity index (χ1v) is 10.7. The van der Waals surface area contributed by atoms with Gasteiger partial charge in [-0.15, -0.1) is 0 Å². The fourth-order valence-electron chi connectivity index (χ4n) is 3.18. The Morgan fingerprint density at radius 3 is 2.15 bits per heavy atom. The third-order valence-corrected chi connectivity index (χ3v) is 4.81. The van der Waals surface area contributed by atoms with Crippen molar-refractivity contribution in [1.82, 2.24) is 4.98 Å². The Kier molecular flexibility index (Phi) is 8.41. The molecule has 0 unspecified atom stereocenters. The first-order valence-electron chi connectivity index (χ1n) is 10.7. The second-order valence-corrected chi connectivity index (χ2v) is 7.75. The molecule has 0 saturated carbocycles. The van der Waals surface area contributed by atoms with E-state index in [2.05, 4.69) is 10.3 Å². The Hall–Kier alpha value is -3.87. The zero-order valence-corrected chi connectivity index (χ0v) is 18.3. The maximum absolute atomic E-state index is 13.0. The van der Waals surface area contributed by atoms with Gasteiger partial charge in [0, 0.05) is 37.9 Å². The number of carbonyl (C=O) groups is 3. The minimum atomic E-state index is -0.324. The van der Waals surface area contributed by atoms with E-state index in [4.69, 9.17) is 4.74 Å². The highest BCUT2D eigenvalue weighted by atomic mass is 19.1. The first-order chi connectivity index (χ1) is 15.9. The third kappa shape index (κ3) is 8.29. The summed E-state index contributed by atoms with van der Waals surface area (Å²) in [5.41, 5.74) is 1.63. The highest BCUT2D eigenvalue weighted by Crippen LogP contribution is 2.23. The van der Waals surface area contributed by atoms with Crippen molar-refractivity contribution in [1.29, 1.82) is 0 Å². The van der Waals surface area contributed by atoms with Gasteiger partial charge in [-0.3, -0.25) is 9.59 Å². The first kappa shape index (κ1) is 23.8. The van der Waals surface area contributed by atoms with Crippen LogP contribution in [0.1, 0.15) is 37.3 Å². The number of carbonyl (C=O) groups excluding carboxylic acids is 3. The number of amides is 1. The number of pyridine rings is 1. The zero-order chi connectivity index (χ0) is 23.6. The number of rotatable bonds is 11. The Labute approximate surface area is 191 Å². The zero-order valence-electron chi connectivity index (χ0n) is 18.3. The quantitative estimate of drug-likeness (QED) is 0.443. The van der Waals surface area contributed by atoms with Gasteiger partial charge in [-0.1, -0.05) is 24.3 Å². The van der Waals surface area contributed by atoms with Gasteiger partial charge in [0.1, 0.15) is 34.7 Å². The van der Waals surface area contributed by atoms with Crippen molar-refractivity contribution in [3.63, 3.8) is 0 Å². The van der Waals surface area contributed by atoms with Gasteiger partial charge >= 0.3 is 0 Å². The van der Waals surface area contributed by atoms with Crippen LogP contribution in [0.2, 0.25) is 0 Å². The maximum atomic E-state index is 13.0. The molecule has 0 fully saturated rings. The standard InChI is InChI=1S/C26H25FN2O4/c1-18(30)3-2-4-26(32)29-25-17-24(13-14-28-25)33-23-11-7-20(8-12-23)16-22(31)15-19-5-9-21(27)10-6-19/h5-14,17H,2-4,15-16H2,1H3,(H,28,29,32). The summed E-state index contributed by atoms with van der Waals surface area (Å²) in [5, 5.41) is 2.70. The highest BCUT2D eigenvalue weighted by Gasteiger charge is 2.08. The number of nitrogens with one attached hydrogen (secondary N) is 1. The predicted molar refractivity (Wildman–Crippen MR) is 123 cm³/mol. The van der Waals surface area contributed by atoms with Crippen LogP contribution in [0.25, 0.3) is 0 Å². The summed E-state index contributed by atoms with van der Waals surface area (Å²) in [4.78, 5) is 39.3. The van der Waals surface area contributed by atoms with Gasteiger partial charge in [0.2, 0.25) is 5.91 Å². The molecule has 0 atom stereocenters. The lowest BCUT2D eigenvalue weighted by atomic mass is 10.0. The van der Waals surface area contributed by atoms with Crippen molar-refractivity contribution in [2.24, 2.45) is 0 Å². The van der Waals surface area contributed by atoms with Crippen LogP contribution >= 0.6 is 0 Å². The molecule has 7 heteroatoms. The summed E-state index contributed by atoms with van der Waals surface area (Å²) >= 11 is 0. The smallest absolute Gasteiger partial charge is 0.225 e. The number of nitrogens with zero attached hydrogens (tertiary/aromatic N) is 1. The number of hydrogen-bond acceptors (Lipinski definition) is 5. The molecule has 33 heavy (non-hydrogen) atoms. The minimum absolute atomic E-state index is 0.0353. The molecule has 3 rings (SSSR count). The molecule has 0 aliphatic rings. The third-order valence-electron chi connectivity index (χ3n) is 4.81. The van der Waals surface area contributed by atoms with Crippen LogP contribution in [-0.2, 0) is 27.2 Å². The molecule has 1 aromatic heterocycles. The molecule has 1 N–H and O–H groups in total. The molecular formula is C26H25FN2O4. The van der Waals surface area contributed by atoms with Crippen molar-refractivity contribution in [2.45, 2.75) is 39.0 Å². The Morgan fingerprint density at radius 1 is 0.879 bits per heavy atom. The molecule has 1 heterocycles. The average Bonchev–Trinajstić information content (AvgIpc) is 2.77. The van der Waals surface area contributed by atoms with Crippen LogP contribution in [0.3, 0.4) is 0 Å². The maximum Gasteiger partial charge on any atom is 0.225 e. The largest absolute Gasteiger partial charge is 0.457 e. The molecule has 170 valence electrons. The van der Waals surface area contributed by atoms with Crippen LogP contribution < -0.4 is 10.1 Å². The van der Waals surface area contributed by atoms with E-state index in [1.54, 1.807) is 36.4 Å². The molecule has 0 bridgehead atoms. The van der Waals surface area contributed by atoms with Crippen LogP contribution in [0, 0.1) is 5.82 Å². The van der Waals surface area contributed by atoms with Crippen molar-refractivity contribution in [3.05, 3.63) is 83.8 Å². The van der Waals surface area contributed by atoms with Gasteiger partial charge in [-0.05, 0) is 54.8 Å². The molecule has 1 amide bonds. The van der Waals surface area contributed by atoms with E-state index in [9.17, 15) is 18.8 Å². The molecule has 2 aromatic carbocycles. The van der Waals surface area contributed by atoms with Crippen molar-refractivity contribution in [3.8, 4) is 11.5 Å². The summed E-state index contributed by atoms with van der Waals surface area (Å²) < 4.78 is 18.8. The summed E-state index contributed by atoms with van der Waals surface area (Å²) in [6.45, 7) is 1.50. The summed E-state index contributed by atoms with van der Waals surface area (Å²) in [6, 6.07) is 16.4. The van der Waals surface area contributed by atoms with E-state index in [1.165, 1.54) is 25.3 Å². The van der Waals surface area contributed by atoms with Crippen molar-refractivity contribution in [2.75, 3.05) is 5.32 Å². The number of Topliss-reactive ketones (excluding diaryl/α,β-unsaturated/α-hetero) is 2. The molecule has 0 saturated heterocycles. The topological polar surface area (TPSA) is 85.4 Å². The molecule has 0 radical (unpaired) electrons. The van der Waals surface area contributed by atoms with Gasteiger partial charge in [-0.2, -0.15) is 0 Å². The Morgan fingerprint density at radius 2 is 1.52 bits per heavy atom. The van der Waals surface area contributed by atoms with E-state index in [0.29, 0.717) is 30.2 Å². The second-order valence-electron chi connectivity index (χ2n) is 7.75. The number of benzene rings is 2.